The number of pyridine rings is 1. The summed E-state index contributed by atoms with van der Waals surface area (Å²) in [6, 6.07) is 21.8. The summed E-state index contributed by atoms with van der Waals surface area (Å²) < 4.78 is 11.7. The smallest absolute Gasteiger partial charge is 0.274 e. The molecule has 15 nitrogen and oxygen atoms in total. The molecule has 4 amide bonds. The van der Waals surface area contributed by atoms with Gasteiger partial charge in [-0.2, -0.15) is 5.10 Å². The minimum absolute atomic E-state index is 0.0258. The number of methoxy groups -OCH3 is 1. The number of aromatic amines is 1. The maximum absolute atomic E-state index is 14.2. The van der Waals surface area contributed by atoms with E-state index in [-0.39, 0.29) is 49.2 Å². The van der Waals surface area contributed by atoms with Crippen LogP contribution in [0.1, 0.15) is 69.1 Å². The van der Waals surface area contributed by atoms with Gasteiger partial charge in [-0.25, -0.2) is 4.98 Å². The van der Waals surface area contributed by atoms with Crippen LogP contribution in [-0.4, -0.2) is 106 Å². The molecule has 0 aliphatic carbocycles. The van der Waals surface area contributed by atoms with Crippen LogP contribution in [0.25, 0.3) is 22.2 Å². The van der Waals surface area contributed by atoms with E-state index in [1.54, 1.807) is 43.6 Å². The van der Waals surface area contributed by atoms with E-state index in [4.69, 9.17) is 21.1 Å². The SMILES string of the molecule is COc1cc(N2CCC(OCC(=O)N[C@H](C(=O)N3C[C@H](O)C[C@H]3C(=O)N[C@H](C)c3ccc4cc(Cl)ccc4c3)C(C)(C)C)CC2)ccc1NC(=O)c1cccc(-c2cc[nH]n2)n1. The van der Waals surface area contributed by atoms with Crippen LogP contribution in [0, 0.1) is 5.41 Å². The lowest BCUT2D eigenvalue weighted by atomic mass is 9.85. The van der Waals surface area contributed by atoms with Crippen molar-refractivity contribution >= 4 is 57.4 Å². The number of nitrogens with one attached hydrogen (secondary N) is 4. The van der Waals surface area contributed by atoms with Gasteiger partial charge in [0.15, 0.2) is 0 Å². The van der Waals surface area contributed by atoms with Crippen LogP contribution < -0.4 is 25.6 Å². The predicted molar refractivity (Wildman–Crippen MR) is 237 cm³/mol. The summed E-state index contributed by atoms with van der Waals surface area (Å²) in [6.07, 6.45) is 2.01. The van der Waals surface area contributed by atoms with Gasteiger partial charge in [0.1, 0.15) is 35.8 Å². The number of carbonyl (C=O) groups excluding carboxylic acids is 4. The van der Waals surface area contributed by atoms with Crippen LogP contribution in [0.2, 0.25) is 5.02 Å². The molecule has 2 aliphatic heterocycles. The van der Waals surface area contributed by atoms with Crippen molar-refractivity contribution in [1.29, 1.82) is 0 Å². The highest BCUT2D eigenvalue weighted by Crippen LogP contribution is 2.33. The quantitative estimate of drug-likeness (QED) is 0.0954. The van der Waals surface area contributed by atoms with Gasteiger partial charge < -0.3 is 40.3 Å². The molecule has 2 saturated heterocycles. The number of piperidine rings is 1. The fraction of sp³-hybridized carbons (Fsp3) is 0.391. The van der Waals surface area contributed by atoms with E-state index in [0.29, 0.717) is 53.8 Å². The zero-order valence-electron chi connectivity index (χ0n) is 35.5. The molecule has 0 bridgehead atoms. The van der Waals surface area contributed by atoms with E-state index in [1.165, 1.54) is 4.90 Å². The van der Waals surface area contributed by atoms with Crippen molar-refractivity contribution in [2.24, 2.45) is 5.41 Å². The first-order chi connectivity index (χ1) is 29.7. The number of hydrogen-bond acceptors (Lipinski definition) is 10. The molecule has 0 unspecified atom stereocenters. The number of halogens is 1. The second-order valence-electron chi connectivity index (χ2n) is 16.9. The van der Waals surface area contributed by atoms with E-state index in [2.05, 4.69) is 36.0 Å². The average Bonchev–Trinajstić information content (AvgIpc) is 3.95. The summed E-state index contributed by atoms with van der Waals surface area (Å²) in [5.74, 6) is -1.16. The molecule has 2 fully saturated rings. The van der Waals surface area contributed by atoms with E-state index in [9.17, 15) is 24.3 Å². The second kappa shape index (κ2) is 18.9. The van der Waals surface area contributed by atoms with Gasteiger partial charge in [0.05, 0.1) is 36.7 Å². The Kier molecular flexibility index (Phi) is 13.4. The highest BCUT2D eigenvalue weighted by molar-refractivity contribution is 6.31. The molecule has 5 N–H and O–H groups in total. The number of ether oxygens (including phenoxy) is 2. The molecule has 0 saturated carbocycles. The Balaban J connectivity index is 0.905. The summed E-state index contributed by atoms with van der Waals surface area (Å²) >= 11 is 6.15. The molecule has 0 radical (unpaired) electrons. The van der Waals surface area contributed by atoms with Crippen LogP contribution in [0.4, 0.5) is 11.4 Å². The fourth-order valence-electron chi connectivity index (χ4n) is 7.97. The zero-order chi connectivity index (χ0) is 44.1. The summed E-state index contributed by atoms with van der Waals surface area (Å²) in [4.78, 5) is 62.4. The Morgan fingerprint density at radius 3 is 2.44 bits per heavy atom. The number of benzene rings is 3. The van der Waals surface area contributed by atoms with Crippen LogP contribution in [0.5, 0.6) is 5.75 Å². The Bertz CT molecular complexity index is 2410. The third-order valence-corrected chi connectivity index (χ3v) is 11.6. The van der Waals surface area contributed by atoms with Crippen molar-refractivity contribution in [2.45, 2.75) is 77.3 Å². The number of aromatic nitrogens is 3. The van der Waals surface area contributed by atoms with E-state index < -0.39 is 35.4 Å². The van der Waals surface area contributed by atoms with Crippen molar-refractivity contribution in [2.75, 3.05) is 43.6 Å². The normalized spacial score (nSPS) is 18.0. The van der Waals surface area contributed by atoms with Gasteiger partial charge in [-0.05, 0) is 90.0 Å². The molecule has 3 aromatic carbocycles. The van der Waals surface area contributed by atoms with Crippen molar-refractivity contribution in [3.8, 4) is 17.1 Å². The number of amides is 4. The topological polar surface area (TPSA) is 191 Å². The largest absolute Gasteiger partial charge is 0.494 e. The van der Waals surface area contributed by atoms with Crippen molar-refractivity contribution in [1.82, 2.24) is 30.7 Å². The predicted octanol–water partition coefficient (Wildman–Crippen LogP) is 5.89. The standard InChI is InChI=1S/C46H53ClN8O7/c1-27(28-9-10-30-22-31(47)12-11-29(30)21-28)49-44(59)39-24-33(56)25-55(39)45(60)42(46(2,3)4)52-41(57)26-62-34-16-19-54(20-17-34)32-13-14-37(40(23-32)61-5)51-43(58)38-8-6-7-35(50-38)36-15-18-48-53-36/h6-15,18,21-23,27,33-34,39,42,56H,16-17,19-20,24-26H2,1-5H3,(H,48,53)(H,49,59)(H,51,58)(H,52,57)/t27-,33-,39+,42-/m1/s1. The number of rotatable bonds is 13. The van der Waals surface area contributed by atoms with Crippen molar-refractivity contribution < 1.29 is 33.8 Å². The fourth-order valence-corrected chi connectivity index (χ4v) is 8.15. The van der Waals surface area contributed by atoms with Gasteiger partial charge in [-0.15, -0.1) is 0 Å². The van der Waals surface area contributed by atoms with E-state index >= 15 is 0 Å². The van der Waals surface area contributed by atoms with Gasteiger partial charge >= 0.3 is 0 Å². The lowest BCUT2D eigenvalue weighted by Gasteiger charge is -2.36. The Morgan fingerprint density at radius 2 is 1.71 bits per heavy atom. The first-order valence-corrected chi connectivity index (χ1v) is 21.1. The van der Waals surface area contributed by atoms with E-state index in [0.717, 1.165) is 22.0 Å². The zero-order valence-corrected chi connectivity index (χ0v) is 36.2. The molecule has 2 aromatic heterocycles. The van der Waals surface area contributed by atoms with Gasteiger partial charge in [0.2, 0.25) is 17.7 Å². The molecule has 7 rings (SSSR count). The summed E-state index contributed by atoms with van der Waals surface area (Å²) in [7, 11) is 1.55. The summed E-state index contributed by atoms with van der Waals surface area (Å²) in [6.45, 7) is 8.45. The second-order valence-corrected chi connectivity index (χ2v) is 17.4. The van der Waals surface area contributed by atoms with Crippen LogP contribution in [0.3, 0.4) is 0 Å². The molecule has 4 atom stereocenters. The summed E-state index contributed by atoms with van der Waals surface area (Å²) in [5, 5.41) is 29.0. The third kappa shape index (κ3) is 10.3. The molecule has 2 aliphatic rings. The first-order valence-electron chi connectivity index (χ1n) is 20.8. The molecule has 326 valence electrons. The lowest BCUT2D eigenvalue weighted by molar-refractivity contribution is -0.145. The molecule has 16 heteroatoms. The summed E-state index contributed by atoms with van der Waals surface area (Å²) in [5.41, 5.74) is 3.03. The van der Waals surface area contributed by atoms with Gasteiger partial charge in [-0.1, -0.05) is 56.6 Å². The average molecular weight is 865 g/mol. The number of nitrogens with zero attached hydrogens (tertiary/aromatic N) is 4. The van der Waals surface area contributed by atoms with Gasteiger partial charge in [0, 0.05) is 49.0 Å². The number of β-amino-alcohol motifs (C(OH)–C–C–N with tert-alkyl or cyclic N) is 1. The van der Waals surface area contributed by atoms with Gasteiger partial charge in [-0.3, -0.25) is 24.3 Å². The van der Waals surface area contributed by atoms with E-state index in [1.807, 2.05) is 76.2 Å². The van der Waals surface area contributed by atoms with Crippen molar-refractivity contribution in [3.05, 3.63) is 101 Å². The Labute approximate surface area is 365 Å². The highest BCUT2D eigenvalue weighted by Gasteiger charge is 2.45. The molecule has 62 heavy (non-hydrogen) atoms. The highest BCUT2D eigenvalue weighted by atomic mass is 35.5. The van der Waals surface area contributed by atoms with Crippen LogP contribution >= 0.6 is 11.6 Å². The number of carbonyl (C=O) groups is 4. The Hall–Kier alpha value is -6.03. The molecule has 4 heterocycles. The van der Waals surface area contributed by atoms with Crippen molar-refractivity contribution in [3.63, 3.8) is 0 Å². The minimum Gasteiger partial charge on any atom is -0.494 e. The lowest BCUT2D eigenvalue weighted by Crippen LogP contribution is -2.58. The number of fused-ring (bicyclic) bond motifs is 1. The molecule has 0 spiro atoms. The number of anilines is 2. The van der Waals surface area contributed by atoms with Crippen LogP contribution in [0.15, 0.2) is 85.1 Å². The third-order valence-electron chi connectivity index (χ3n) is 11.4. The number of hydrogen-bond donors (Lipinski definition) is 5. The minimum atomic E-state index is -0.975. The monoisotopic (exact) mass is 864 g/mol. The number of H-pyrrole nitrogens is 1. The number of likely N-dealkylation sites (tertiary alicyclic amines) is 1. The van der Waals surface area contributed by atoms with Gasteiger partial charge in [0.25, 0.3) is 5.91 Å². The first kappa shape index (κ1) is 44.0. The number of aliphatic hydroxyl groups excluding tert-OH is 1. The molecular weight excluding hydrogens is 812 g/mol. The maximum atomic E-state index is 14.2. The molecular formula is C46H53ClN8O7. The Morgan fingerprint density at radius 1 is 0.952 bits per heavy atom. The molecule has 5 aromatic rings. The van der Waals surface area contributed by atoms with Crippen LogP contribution in [-0.2, 0) is 19.1 Å². The number of aliphatic hydroxyl groups is 1. The maximum Gasteiger partial charge on any atom is 0.274 e.